The highest BCUT2D eigenvalue weighted by Gasteiger charge is 2.32. The van der Waals surface area contributed by atoms with Gasteiger partial charge in [-0.3, -0.25) is 4.98 Å². The standard InChI is InChI=1S/C13H19N3O/c1-2-7-15-13(17)16(12-5-6-12)10-11-4-3-8-14-9-11/h3-4,8-9,12H,2,5-7,10H2,1H3,(H,15,17). The number of carbonyl (C=O) groups is 1. The van der Waals surface area contributed by atoms with Crippen LogP contribution >= 0.6 is 0 Å². The zero-order valence-corrected chi connectivity index (χ0v) is 10.2. The summed E-state index contributed by atoms with van der Waals surface area (Å²) >= 11 is 0. The Morgan fingerprint density at radius 1 is 1.59 bits per heavy atom. The van der Waals surface area contributed by atoms with Crippen LogP contribution in [0.3, 0.4) is 0 Å². The number of pyridine rings is 1. The predicted octanol–water partition coefficient (Wildman–Crippen LogP) is 2.17. The Morgan fingerprint density at radius 2 is 2.41 bits per heavy atom. The van der Waals surface area contributed by atoms with Gasteiger partial charge in [0.25, 0.3) is 0 Å². The van der Waals surface area contributed by atoms with Gasteiger partial charge in [-0.05, 0) is 30.9 Å². The number of urea groups is 1. The van der Waals surface area contributed by atoms with Gasteiger partial charge in [-0.2, -0.15) is 0 Å². The third-order valence-corrected chi connectivity index (χ3v) is 2.85. The van der Waals surface area contributed by atoms with Gasteiger partial charge in [0.15, 0.2) is 0 Å². The molecule has 1 saturated carbocycles. The van der Waals surface area contributed by atoms with E-state index in [2.05, 4.69) is 17.2 Å². The summed E-state index contributed by atoms with van der Waals surface area (Å²) in [5.74, 6) is 0. The minimum absolute atomic E-state index is 0.0539. The van der Waals surface area contributed by atoms with Gasteiger partial charge in [-0.15, -0.1) is 0 Å². The topological polar surface area (TPSA) is 45.2 Å². The molecule has 0 aliphatic heterocycles. The van der Waals surface area contributed by atoms with Crippen LogP contribution in [0, 0.1) is 0 Å². The molecule has 1 aromatic rings. The van der Waals surface area contributed by atoms with Gasteiger partial charge in [-0.25, -0.2) is 4.79 Å². The molecule has 0 saturated heterocycles. The van der Waals surface area contributed by atoms with Crippen molar-refractivity contribution in [1.82, 2.24) is 15.2 Å². The SMILES string of the molecule is CCCNC(=O)N(Cc1cccnc1)C1CC1. The predicted molar refractivity (Wildman–Crippen MR) is 66.5 cm³/mol. The summed E-state index contributed by atoms with van der Waals surface area (Å²) in [6.45, 7) is 3.46. The monoisotopic (exact) mass is 233 g/mol. The van der Waals surface area contributed by atoms with Crippen LogP contribution in [-0.2, 0) is 6.54 Å². The molecule has 0 unspecified atom stereocenters. The highest BCUT2D eigenvalue weighted by Crippen LogP contribution is 2.28. The maximum Gasteiger partial charge on any atom is 0.317 e. The van der Waals surface area contributed by atoms with Crippen molar-refractivity contribution in [3.63, 3.8) is 0 Å². The van der Waals surface area contributed by atoms with E-state index in [4.69, 9.17) is 0 Å². The molecule has 4 heteroatoms. The van der Waals surface area contributed by atoms with E-state index in [1.807, 2.05) is 23.2 Å². The number of aromatic nitrogens is 1. The molecule has 2 rings (SSSR count). The van der Waals surface area contributed by atoms with Crippen LogP contribution in [0.4, 0.5) is 4.79 Å². The smallest absolute Gasteiger partial charge is 0.317 e. The van der Waals surface area contributed by atoms with Crippen molar-refractivity contribution in [2.75, 3.05) is 6.54 Å². The van der Waals surface area contributed by atoms with E-state index in [0.29, 0.717) is 12.6 Å². The molecule has 2 amide bonds. The van der Waals surface area contributed by atoms with Crippen LogP contribution in [0.2, 0.25) is 0 Å². The summed E-state index contributed by atoms with van der Waals surface area (Å²) in [7, 11) is 0. The first kappa shape index (κ1) is 11.9. The normalized spacial score (nSPS) is 14.4. The van der Waals surface area contributed by atoms with Crippen molar-refractivity contribution < 1.29 is 4.79 Å². The van der Waals surface area contributed by atoms with E-state index in [-0.39, 0.29) is 6.03 Å². The molecule has 0 spiro atoms. The van der Waals surface area contributed by atoms with E-state index in [1.54, 1.807) is 6.20 Å². The van der Waals surface area contributed by atoms with Crippen molar-refractivity contribution in [2.45, 2.75) is 38.8 Å². The molecule has 92 valence electrons. The van der Waals surface area contributed by atoms with Crippen LogP contribution in [0.15, 0.2) is 24.5 Å². The van der Waals surface area contributed by atoms with Crippen LogP contribution in [0.1, 0.15) is 31.7 Å². The van der Waals surface area contributed by atoms with E-state index >= 15 is 0 Å². The lowest BCUT2D eigenvalue weighted by atomic mass is 10.2. The Balaban J connectivity index is 1.95. The molecule has 0 aromatic carbocycles. The lowest BCUT2D eigenvalue weighted by Crippen LogP contribution is -2.41. The number of amides is 2. The first-order valence-electron chi connectivity index (χ1n) is 6.24. The molecule has 1 aliphatic rings. The summed E-state index contributed by atoms with van der Waals surface area (Å²) in [5.41, 5.74) is 1.09. The minimum Gasteiger partial charge on any atom is -0.338 e. The van der Waals surface area contributed by atoms with Gasteiger partial charge in [0.1, 0.15) is 0 Å². The zero-order chi connectivity index (χ0) is 12.1. The van der Waals surface area contributed by atoms with E-state index in [9.17, 15) is 4.79 Å². The van der Waals surface area contributed by atoms with Gasteiger partial charge >= 0.3 is 6.03 Å². The average molecular weight is 233 g/mol. The fraction of sp³-hybridized carbons (Fsp3) is 0.538. The number of rotatable bonds is 5. The highest BCUT2D eigenvalue weighted by atomic mass is 16.2. The van der Waals surface area contributed by atoms with Crippen molar-refractivity contribution in [1.29, 1.82) is 0 Å². The highest BCUT2D eigenvalue weighted by molar-refractivity contribution is 5.74. The Bertz CT molecular complexity index is 362. The first-order valence-corrected chi connectivity index (χ1v) is 6.24. The second-order valence-electron chi connectivity index (χ2n) is 4.45. The summed E-state index contributed by atoms with van der Waals surface area (Å²) in [5, 5.41) is 2.94. The molecule has 17 heavy (non-hydrogen) atoms. The number of hydrogen-bond acceptors (Lipinski definition) is 2. The maximum absolute atomic E-state index is 12.0. The molecule has 1 fully saturated rings. The fourth-order valence-corrected chi connectivity index (χ4v) is 1.77. The first-order chi connectivity index (χ1) is 8.31. The lowest BCUT2D eigenvalue weighted by molar-refractivity contribution is 0.192. The molecule has 0 atom stereocenters. The molecular formula is C13H19N3O. The summed E-state index contributed by atoms with van der Waals surface area (Å²) in [6, 6.07) is 4.39. The van der Waals surface area contributed by atoms with Crippen molar-refractivity contribution >= 4 is 6.03 Å². The van der Waals surface area contributed by atoms with Crippen molar-refractivity contribution in [3.05, 3.63) is 30.1 Å². The fourth-order valence-electron chi connectivity index (χ4n) is 1.77. The summed E-state index contributed by atoms with van der Waals surface area (Å²) < 4.78 is 0. The Kier molecular flexibility index (Phi) is 3.96. The Morgan fingerprint density at radius 3 is 3.00 bits per heavy atom. The van der Waals surface area contributed by atoms with Gasteiger partial charge in [0, 0.05) is 31.5 Å². The van der Waals surface area contributed by atoms with Crippen LogP contribution in [-0.4, -0.2) is 28.5 Å². The van der Waals surface area contributed by atoms with Crippen LogP contribution < -0.4 is 5.32 Å². The minimum atomic E-state index is 0.0539. The Hall–Kier alpha value is -1.58. The third kappa shape index (κ3) is 3.44. The van der Waals surface area contributed by atoms with E-state index in [0.717, 1.165) is 31.4 Å². The number of hydrogen-bond donors (Lipinski definition) is 1. The van der Waals surface area contributed by atoms with Crippen molar-refractivity contribution in [2.24, 2.45) is 0 Å². The molecule has 1 heterocycles. The zero-order valence-electron chi connectivity index (χ0n) is 10.2. The third-order valence-electron chi connectivity index (χ3n) is 2.85. The molecular weight excluding hydrogens is 214 g/mol. The summed E-state index contributed by atoms with van der Waals surface area (Å²) in [4.78, 5) is 18.0. The lowest BCUT2D eigenvalue weighted by Gasteiger charge is -2.22. The quantitative estimate of drug-likeness (QED) is 0.847. The van der Waals surface area contributed by atoms with Gasteiger partial charge in [-0.1, -0.05) is 13.0 Å². The van der Waals surface area contributed by atoms with Gasteiger partial charge in [0.2, 0.25) is 0 Å². The molecule has 1 N–H and O–H groups in total. The van der Waals surface area contributed by atoms with Gasteiger partial charge in [0.05, 0.1) is 0 Å². The molecule has 4 nitrogen and oxygen atoms in total. The Labute approximate surface area is 102 Å². The average Bonchev–Trinajstić information content (AvgIpc) is 3.18. The van der Waals surface area contributed by atoms with E-state index in [1.165, 1.54) is 0 Å². The van der Waals surface area contributed by atoms with Crippen LogP contribution in [0.25, 0.3) is 0 Å². The number of carbonyl (C=O) groups excluding carboxylic acids is 1. The van der Waals surface area contributed by atoms with Gasteiger partial charge < -0.3 is 10.2 Å². The second kappa shape index (κ2) is 5.66. The largest absolute Gasteiger partial charge is 0.338 e. The molecule has 0 radical (unpaired) electrons. The maximum atomic E-state index is 12.0. The second-order valence-corrected chi connectivity index (χ2v) is 4.45. The summed E-state index contributed by atoms with van der Waals surface area (Å²) in [6.07, 6.45) is 6.79. The van der Waals surface area contributed by atoms with Crippen LogP contribution in [0.5, 0.6) is 0 Å². The number of nitrogens with zero attached hydrogens (tertiary/aromatic N) is 2. The molecule has 0 bridgehead atoms. The number of nitrogens with one attached hydrogen (secondary N) is 1. The van der Waals surface area contributed by atoms with E-state index < -0.39 is 0 Å². The molecule has 1 aromatic heterocycles. The molecule has 1 aliphatic carbocycles. The van der Waals surface area contributed by atoms with Crippen molar-refractivity contribution in [3.8, 4) is 0 Å².